The molecule has 3 heteroatoms. The molecule has 1 aliphatic rings. The summed E-state index contributed by atoms with van der Waals surface area (Å²) in [6.07, 6.45) is 4.29. The number of aliphatic hydroxyl groups excluding tert-OH is 1. The van der Waals surface area contributed by atoms with Crippen molar-refractivity contribution in [1.29, 1.82) is 0 Å². The number of rotatable bonds is 4. The number of aryl methyl sites for hydroxylation is 1. The Bertz CT molecular complexity index is 278. The average molecular weight is 197 g/mol. The first-order valence-corrected chi connectivity index (χ1v) is 5.75. The molecule has 2 nitrogen and oxygen atoms in total. The quantitative estimate of drug-likeness (QED) is 0.803. The van der Waals surface area contributed by atoms with Crippen LogP contribution in [0.4, 0.5) is 0 Å². The minimum atomic E-state index is -0.186. The molecule has 13 heavy (non-hydrogen) atoms. The predicted octanol–water partition coefficient (Wildman–Crippen LogP) is 2.33. The highest BCUT2D eigenvalue weighted by Crippen LogP contribution is 2.42. The van der Waals surface area contributed by atoms with E-state index in [1.807, 2.05) is 12.4 Å². The number of aliphatic hydroxyl groups is 1. The first-order chi connectivity index (χ1) is 6.27. The average Bonchev–Trinajstić information content (AvgIpc) is 2.82. The topological polar surface area (TPSA) is 33.1 Å². The van der Waals surface area contributed by atoms with E-state index in [0.29, 0.717) is 0 Å². The second kappa shape index (κ2) is 3.76. The predicted molar refractivity (Wildman–Crippen MR) is 54.1 cm³/mol. The Hall–Kier alpha value is -0.410. The van der Waals surface area contributed by atoms with Crippen LogP contribution in [0.5, 0.6) is 0 Å². The van der Waals surface area contributed by atoms with Crippen LogP contribution in [0.3, 0.4) is 0 Å². The fourth-order valence-corrected chi connectivity index (χ4v) is 2.37. The van der Waals surface area contributed by atoms with Crippen molar-refractivity contribution >= 4 is 11.3 Å². The monoisotopic (exact) mass is 197 g/mol. The largest absolute Gasteiger partial charge is 0.393 e. The van der Waals surface area contributed by atoms with Gasteiger partial charge in [0.15, 0.2) is 0 Å². The number of nitrogens with zero attached hydrogens (tertiary/aromatic N) is 1. The lowest BCUT2D eigenvalue weighted by Crippen LogP contribution is -2.01. The van der Waals surface area contributed by atoms with E-state index >= 15 is 0 Å². The lowest BCUT2D eigenvalue weighted by Gasteiger charge is -2.03. The van der Waals surface area contributed by atoms with Crippen molar-refractivity contribution in [3.05, 3.63) is 16.1 Å². The van der Waals surface area contributed by atoms with E-state index < -0.39 is 0 Å². The van der Waals surface area contributed by atoms with Gasteiger partial charge in [-0.3, -0.25) is 0 Å². The molecule has 1 fully saturated rings. The number of thiazole rings is 1. The maximum Gasteiger partial charge on any atom is 0.0797 e. The second-order valence-electron chi connectivity index (χ2n) is 3.82. The summed E-state index contributed by atoms with van der Waals surface area (Å²) in [5.74, 6) is 0.746. The van der Waals surface area contributed by atoms with E-state index in [1.54, 1.807) is 11.3 Å². The zero-order valence-corrected chi connectivity index (χ0v) is 8.68. The van der Waals surface area contributed by atoms with E-state index in [-0.39, 0.29) is 6.10 Å². The van der Waals surface area contributed by atoms with E-state index in [4.69, 9.17) is 0 Å². The van der Waals surface area contributed by atoms with Crippen LogP contribution in [0.25, 0.3) is 0 Å². The van der Waals surface area contributed by atoms with Gasteiger partial charge in [0, 0.05) is 10.8 Å². The molecule has 0 unspecified atom stereocenters. The zero-order chi connectivity index (χ0) is 9.26. The maximum absolute atomic E-state index is 9.18. The van der Waals surface area contributed by atoms with Gasteiger partial charge in [-0.05, 0) is 32.6 Å². The zero-order valence-electron chi connectivity index (χ0n) is 7.86. The third-order valence-electron chi connectivity index (χ3n) is 2.43. The van der Waals surface area contributed by atoms with Gasteiger partial charge in [0.25, 0.3) is 0 Å². The van der Waals surface area contributed by atoms with Crippen molar-refractivity contribution in [3.63, 3.8) is 0 Å². The summed E-state index contributed by atoms with van der Waals surface area (Å²) < 4.78 is 0. The first-order valence-electron chi connectivity index (χ1n) is 4.87. The van der Waals surface area contributed by atoms with Gasteiger partial charge in [-0.2, -0.15) is 0 Å². The first kappa shape index (κ1) is 9.16. The Morgan fingerprint density at radius 3 is 3.08 bits per heavy atom. The Morgan fingerprint density at radius 2 is 2.46 bits per heavy atom. The highest BCUT2D eigenvalue weighted by molar-refractivity contribution is 7.09. The SMILES string of the molecule is C[C@H](O)CCc1scnc1C1CC1. The fourth-order valence-electron chi connectivity index (χ4n) is 1.50. The fraction of sp³-hybridized carbons (Fsp3) is 0.700. The van der Waals surface area contributed by atoms with Gasteiger partial charge in [-0.15, -0.1) is 11.3 Å². The lowest BCUT2D eigenvalue weighted by molar-refractivity contribution is 0.185. The Morgan fingerprint density at radius 1 is 1.69 bits per heavy atom. The molecule has 1 heterocycles. The molecule has 72 valence electrons. The van der Waals surface area contributed by atoms with Crippen LogP contribution < -0.4 is 0 Å². The summed E-state index contributed by atoms with van der Waals surface area (Å²) in [4.78, 5) is 5.79. The second-order valence-corrected chi connectivity index (χ2v) is 4.76. The molecular formula is C10H15NOS. The van der Waals surface area contributed by atoms with Gasteiger partial charge in [0.05, 0.1) is 17.3 Å². The molecule has 1 aliphatic carbocycles. The highest BCUT2D eigenvalue weighted by Gasteiger charge is 2.28. The summed E-state index contributed by atoms with van der Waals surface area (Å²) in [5, 5.41) is 9.18. The molecule has 0 aliphatic heterocycles. The van der Waals surface area contributed by atoms with Crippen LogP contribution in [0.1, 0.15) is 42.7 Å². The Balaban J connectivity index is 1.98. The molecule has 1 aromatic rings. The molecule has 0 amide bonds. The van der Waals surface area contributed by atoms with Crippen molar-refractivity contribution in [2.24, 2.45) is 0 Å². The molecule has 2 rings (SSSR count). The standard InChI is InChI=1S/C10H15NOS/c1-7(12)2-5-9-10(8-3-4-8)11-6-13-9/h6-8,12H,2-5H2,1H3/t7-/m0/s1. The maximum atomic E-state index is 9.18. The van der Waals surface area contributed by atoms with Crippen molar-refractivity contribution in [1.82, 2.24) is 4.98 Å². The minimum absolute atomic E-state index is 0.186. The molecule has 1 saturated carbocycles. The molecule has 0 spiro atoms. The number of hydrogen-bond donors (Lipinski definition) is 1. The third-order valence-corrected chi connectivity index (χ3v) is 3.33. The van der Waals surface area contributed by atoms with Crippen molar-refractivity contribution in [2.45, 2.75) is 44.6 Å². The van der Waals surface area contributed by atoms with E-state index in [0.717, 1.165) is 18.8 Å². The molecule has 1 aromatic heterocycles. The van der Waals surface area contributed by atoms with Crippen LogP contribution >= 0.6 is 11.3 Å². The van der Waals surface area contributed by atoms with E-state index in [1.165, 1.54) is 23.4 Å². The van der Waals surface area contributed by atoms with E-state index in [2.05, 4.69) is 4.98 Å². The summed E-state index contributed by atoms with van der Waals surface area (Å²) in [6, 6.07) is 0. The Labute approximate surface area is 82.6 Å². The highest BCUT2D eigenvalue weighted by atomic mass is 32.1. The number of hydrogen-bond acceptors (Lipinski definition) is 3. The summed E-state index contributed by atoms with van der Waals surface area (Å²) >= 11 is 1.74. The van der Waals surface area contributed by atoms with E-state index in [9.17, 15) is 5.11 Å². The third kappa shape index (κ3) is 2.29. The van der Waals surface area contributed by atoms with Gasteiger partial charge in [-0.1, -0.05) is 0 Å². The minimum Gasteiger partial charge on any atom is -0.393 e. The normalized spacial score (nSPS) is 18.9. The van der Waals surface area contributed by atoms with Crippen molar-refractivity contribution < 1.29 is 5.11 Å². The molecule has 0 bridgehead atoms. The van der Waals surface area contributed by atoms with Crippen LogP contribution in [0, 0.1) is 0 Å². The van der Waals surface area contributed by atoms with Gasteiger partial charge in [-0.25, -0.2) is 4.98 Å². The summed E-state index contributed by atoms with van der Waals surface area (Å²) in [7, 11) is 0. The lowest BCUT2D eigenvalue weighted by atomic mass is 10.1. The Kier molecular flexibility index (Phi) is 2.65. The van der Waals surface area contributed by atoms with Gasteiger partial charge in [0.1, 0.15) is 0 Å². The summed E-state index contributed by atoms with van der Waals surface area (Å²) in [5.41, 5.74) is 3.25. The van der Waals surface area contributed by atoms with Crippen molar-refractivity contribution in [3.8, 4) is 0 Å². The number of aromatic nitrogens is 1. The molecule has 1 atom stereocenters. The van der Waals surface area contributed by atoms with Gasteiger partial charge < -0.3 is 5.11 Å². The molecule has 0 radical (unpaired) electrons. The van der Waals surface area contributed by atoms with Crippen LogP contribution in [0.2, 0.25) is 0 Å². The molecular weight excluding hydrogens is 182 g/mol. The van der Waals surface area contributed by atoms with Crippen molar-refractivity contribution in [2.75, 3.05) is 0 Å². The summed E-state index contributed by atoms with van der Waals surface area (Å²) in [6.45, 7) is 1.85. The van der Waals surface area contributed by atoms with Crippen LogP contribution in [-0.2, 0) is 6.42 Å². The van der Waals surface area contributed by atoms with Gasteiger partial charge in [0.2, 0.25) is 0 Å². The smallest absolute Gasteiger partial charge is 0.0797 e. The molecule has 1 N–H and O–H groups in total. The van der Waals surface area contributed by atoms with Crippen LogP contribution in [-0.4, -0.2) is 16.2 Å². The molecule has 0 aromatic carbocycles. The molecule has 0 saturated heterocycles. The van der Waals surface area contributed by atoms with Crippen LogP contribution in [0.15, 0.2) is 5.51 Å². The van der Waals surface area contributed by atoms with Gasteiger partial charge >= 0.3 is 0 Å².